The van der Waals surface area contributed by atoms with E-state index in [1.807, 2.05) is 0 Å². The number of ether oxygens (including phenoxy) is 2. The number of nitrogens with two attached hydrogens (primary N) is 1. The number of ketones is 1. The zero-order valence-electron chi connectivity index (χ0n) is 20.8. The summed E-state index contributed by atoms with van der Waals surface area (Å²) in [5.74, 6) is -0.780. The molecule has 4 N–H and O–H groups in total. The van der Waals surface area contributed by atoms with Crippen LogP contribution in [-0.2, 0) is 25.2 Å². The van der Waals surface area contributed by atoms with Crippen molar-refractivity contribution in [2.45, 2.75) is 43.4 Å². The van der Waals surface area contributed by atoms with E-state index in [-0.39, 0.29) is 41.5 Å². The topological polar surface area (TPSA) is 177 Å². The number of nitrogens with zero attached hydrogens (tertiary/aromatic N) is 5. The molecular weight excluding hydrogens is 588 g/mol. The number of carbonyl (C=O) groups excluding carboxylic acids is 1. The van der Waals surface area contributed by atoms with Gasteiger partial charge in [-0.15, -0.1) is 0 Å². The fourth-order valence-electron chi connectivity index (χ4n) is 3.89. The monoisotopic (exact) mass is 615 g/mol. The second kappa shape index (κ2) is 11.3. The average Bonchev–Trinajstić information content (AvgIpc) is 3.39. The van der Waals surface area contributed by atoms with Crippen LogP contribution in [0.1, 0.15) is 25.6 Å². The fourth-order valence-corrected chi connectivity index (χ4v) is 6.63. The Kier molecular flexibility index (Phi) is 8.45. The van der Waals surface area contributed by atoms with E-state index in [9.17, 15) is 14.5 Å². The van der Waals surface area contributed by atoms with E-state index in [2.05, 4.69) is 41.0 Å². The number of fused-ring (bicyclic) bond motifs is 1. The van der Waals surface area contributed by atoms with Gasteiger partial charge in [-0.2, -0.15) is 9.97 Å². The Labute approximate surface area is 225 Å². The van der Waals surface area contributed by atoms with E-state index in [4.69, 9.17) is 19.7 Å². The molecule has 1 fully saturated rings. The Morgan fingerprint density at radius 2 is 2.24 bits per heavy atom. The fraction of sp³-hybridized carbons (Fsp3) is 0.500. The molecule has 0 radical (unpaired) electrons. The van der Waals surface area contributed by atoms with Gasteiger partial charge >= 0.3 is 0 Å². The summed E-state index contributed by atoms with van der Waals surface area (Å²) in [7, 11) is -2.28. The molecule has 0 bridgehead atoms. The largest absolute Gasteiger partial charge is 0.479 e. The van der Waals surface area contributed by atoms with Crippen molar-refractivity contribution in [3.05, 3.63) is 36.4 Å². The molecule has 0 aromatic carbocycles. The van der Waals surface area contributed by atoms with Crippen molar-refractivity contribution < 1.29 is 32.9 Å². The normalized spacial score (nSPS) is 25.8. The summed E-state index contributed by atoms with van der Waals surface area (Å²) in [5.41, 5.74) is 6.83. The number of aliphatic hydroxyl groups excluding tert-OH is 1. The van der Waals surface area contributed by atoms with E-state index in [0.717, 1.165) is 5.56 Å². The Hall–Kier alpha value is -2.55. The zero-order chi connectivity index (χ0) is 27.7. The van der Waals surface area contributed by atoms with Gasteiger partial charge in [0.15, 0.2) is 17.4 Å². The third-order valence-electron chi connectivity index (χ3n) is 6.13. The first-order valence-electron chi connectivity index (χ1n) is 11.6. The van der Waals surface area contributed by atoms with Gasteiger partial charge < -0.3 is 24.8 Å². The van der Waals surface area contributed by atoms with Crippen molar-refractivity contribution in [2.75, 3.05) is 25.6 Å². The number of Topliss-reactive ketones (excluding diaryl/α,β-unsaturated/α-hetero) is 1. The SMILES string of the molecule is COc1nc(N)nc2c1ncn2[C@@H]1O[C@H](COP(=O)(C[C@@H](C)C(C)=O)NCc2cccnc2)[C@H](O)C1(F)Br. The maximum atomic E-state index is 15.8. The number of aliphatic hydroxyl groups is 1. The molecule has 1 aliphatic rings. The molecule has 3 aromatic heterocycles. The summed E-state index contributed by atoms with van der Waals surface area (Å²) < 4.78 is 45.0. The number of anilines is 1. The molecule has 0 aliphatic carbocycles. The number of pyridine rings is 1. The van der Waals surface area contributed by atoms with Gasteiger partial charge in [-0.25, -0.2) is 14.5 Å². The number of methoxy groups -OCH3 is 1. The lowest BCUT2D eigenvalue weighted by atomic mass is 10.1. The second-order valence-corrected chi connectivity index (χ2v) is 12.4. The van der Waals surface area contributed by atoms with E-state index >= 15 is 4.39 Å². The summed E-state index contributed by atoms with van der Waals surface area (Å²) >= 11 is 2.93. The predicted molar refractivity (Wildman–Crippen MR) is 138 cm³/mol. The predicted octanol–water partition coefficient (Wildman–Crippen LogP) is 2.36. The summed E-state index contributed by atoms with van der Waals surface area (Å²) in [4.78, 5) is 28.1. The van der Waals surface area contributed by atoms with Crippen LogP contribution in [-0.4, -0.2) is 72.1 Å². The van der Waals surface area contributed by atoms with Gasteiger partial charge in [-0.3, -0.25) is 18.9 Å². The van der Waals surface area contributed by atoms with E-state index < -0.39 is 43.1 Å². The van der Waals surface area contributed by atoms with Crippen molar-refractivity contribution in [3.63, 3.8) is 0 Å². The number of rotatable bonds is 11. The maximum Gasteiger partial charge on any atom is 0.270 e. The van der Waals surface area contributed by atoms with Gasteiger partial charge in [0.2, 0.25) is 16.4 Å². The number of alkyl halides is 2. The second-order valence-electron chi connectivity index (χ2n) is 8.92. The molecule has 38 heavy (non-hydrogen) atoms. The minimum absolute atomic E-state index is 0.0870. The van der Waals surface area contributed by atoms with Gasteiger partial charge in [0.25, 0.3) is 7.52 Å². The van der Waals surface area contributed by atoms with Crippen LogP contribution in [0, 0.1) is 5.92 Å². The highest BCUT2D eigenvalue weighted by atomic mass is 79.9. The molecule has 6 atom stereocenters. The molecule has 1 saturated heterocycles. The molecule has 4 rings (SSSR count). The van der Waals surface area contributed by atoms with Gasteiger partial charge in [0.05, 0.1) is 20.0 Å². The third kappa shape index (κ3) is 5.87. The molecule has 0 amide bonds. The van der Waals surface area contributed by atoms with E-state index in [0.29, 0.717) is 0 Å². The van der Waals surface area contributed by atoms with Crippen molar-refractivity contribution in [1.82, 2.24) is 29.6 Å². The Morgan fingerprint density at radius 1 is 1.47 bits per heavy atom. The standard InChI is InChI=1S/C22H28BrFN7O6P/c1-12(13(2)32)10-38(34,28-8-14-5-4-6-26-7-14)36-9-15-17(33)22(23,24)20(37-15)31-11-27-16-18(31)29-21(25)30-19(16)35-3/h4-7,11-12,15,17,20,33H,8-10H2,1-3H3,(H,28,34)(H2,25,29,30)/t12-,15-,17+,20-,22?,38?/m1/s1. The lowest BCUT2D eigenvalue weighted by molar-refractivity contribution is -0.119. The van der Waals surface area contributed by atoms with Gasteiger partial charge in [0.1, 0.15) is 18.0 Å². The van der Waals surface area contributed by atoms with Crippen LogP contribution in [0.5, 0.6) is 5.88 Å². The molecule has 1 aliphatic heterocycles. The Balaban J connectivity index is 1.54. The molecule has 13 nitrogen and oxygen atoms in total. The number of hydrogen-bond acceptors (Lipinski definition) is 11. The van der Waals surface area contributed by atoms with Crippen LogP contribution in [0.4, 0.5) is 10.3 Å². The molecule has 206 valence electrons. The molecule has 4 heterocycles. The van der Waals surface area contributed by atoms with Crippen LogP contribution in [0.2, 0.25) is 0 Å². The van der Waals surface area contributed by atoms with Crippen molar-refractivity contribution in [2.24, 2.45) is 5.92 Å². The zero-order valence-corrected chi connectivity index (χ0v) is 23.3. The van der Waals surface area contributed by atoms with Crippen molar-refractivity contribution >= 4 is 46.3 Å². The van der Waals surface area contributed by atoms with Crippen LogP contribution in [0.3, 0.4) is 0 Å². The minimum Gasteiger partial charge on any atom is -0.479 e. The highest BCUT2D eigenvalue weighted by molar-refractivity contribution is 9.10. The number of nitrogens with one attached hydrogen (secondary N) is 1. The first-order valence-corrected chi connectivity index (χ1v) is 14.2. The molecule has 0 spiro atoms. The van der Waals surface area contributed by atoms with Gasteiger partial charge in [-0.05, 0) is 34.5 Å². The maximum absolute atomic E-state index is 15.8. The summed E-state index contributed by atoms with van der Waals surface area (Å²) in [6.07, 6.45) is -0.0707. The number of carbonyl (C=O) groups is 1. The first kappa shape index (κ1) is 28.5. The lowest BCUT2D eigenvalue weighted by Crippen LogP contribution is -2.38. The van der Waals surface area contributed by atoms with E-state index in [1.54, 1.807) is 31.5 Å². The molecule has 2 unspecified atom stereocenters. The van der Waals surface area contributed by atoms with Crippen molar-refractivity contribution in [1.29, 1.82) is 0 Å². The average molecular weight is 616 g/mol. The van der Waals surface area contributed by atoms with Gasteiger partial charge in [-0.1, -0.05) is 13.0 Å². The first-order chi connectivity index (χ1) is 17.9. The number of hydrogen-bond donors (Lipinski definition) is 3. The minimum atomic E-state index is -3.65. The van der Waals surface area contributed by atoms with Crippen LogP contribution < -0.4 is 15.6 Å². The summed E-state index contributed by atoms with van der Waals surface area (Å²) in [5, 5.41) is 13.7. The van der Waals surface area contributed by atoms with Crippen LogP contribution in [0.25, 0.3) is 11.2 Å². The Morgan fingerprint density at radius 3 is 2.89 bits per heavy atom. The highest BCUT2D eigenvalue weighted by Crippen LogP contribution is 2.50. The molecule has 3 aromatic rings. The van der Waals surface area contributed by atoms with E-state index in [1.165, 1.54) is 24.9 Å². The number of halogens is 2. The molecule has 0 saturated carbocycles. The highest BCUT2D eigenvalue weighted by Gasteiger charge is 2.57. The van der Waals surface area contributed by atoms with Crippen molar-refractivity contribution in [3.8, 4) is 5.88 Å². The Bertz CT molecular complexity index is 1350. The lowest BCUT2D eigenvalue weighted by Gasteiger charge is -2.24. The van der Waals surface area contributed by atoms with Crippen LogP contribution >= 0.6 is 23.4 Å². The third-order valence-corrected chi connectivity index (χ3v) is 9.23. The molecular formula is C22H28BrFN7O6P. The molecule has 16 heteroatoms. The quantitative estimate of drug-likeness (QED) is 0.212. The summed E-state index contributed by atoms with van der Waals surface area (Å²) in [6, 6.07) is 3.52. The van der Waals surface area contributed by atoms with Crippen LogP contribution in [0.15, 0.2) is 30.9 Å². The number of aromatic nitrogens is 5. The summed E-state index contributed by atoms with van der Waals surface area (Å²) in [6.45, 7) is 2.75. The number of nitrogen functional groups attached to an aromatic ring is 1. The van der Waals surface area contributed by atoms with Gasteiger partial charge in [0, 0.05) is 31.0 Å². The smallest absolute Gasteiger partial charge is 0.270 e. The number of imidazole rings is 1.